The van der Waals surface area contributed by atoms with E-state index in [1.807, 2.05) is 30.3 Å². The summed E-state index contributed by atoms with van der Waals surface area (Å²) in [6, 6.07) is 24.8. The number of nitrogens with zero attached hydrogens (tertiary/aromatic N) is 1. The fourth-order valence-electron chi connectivity index (χ4n) is 3.70. The lowest BCUT2D eigenvalue weighted by Crippen LogP contribution is -2.40. The van der Waals surface area contributed by atoms with Gasteiger partial charge in [-0.1, -0.05) is 54.6 Å². The third kappa shape index (κ3) is 4.13. The molecular formula is C23H25N3O2S. The third-order valence-corrected chi connectivity index (χ3v) is 7.00. The molecule has 5 nitrogen and oxygen atoms in total. The lowest BCUT2D eigenvalue weighted by Gasteiger charge is -2.26. The number of nitrogens with one attached hydrogen (secondary N) is 2. The van der Waals surface area contributed by atoms with Crippen LogP contribution in [0.5, 0.6) is 0 Å². The second kappa shape index (κ2) is 7.54. The van der Waals surface area contributed by atoms with E-state index in [1.54, 1.807) is 31.3 Å². The monoisotopic (exact) mass is 407 g/mol. The highest BCUT2D eigenvalue weighted by Crippen LogP contribution is 2.35. The van der Waals surface area contributed by atoms with Crippen LogP contribution in [-0.4, -0.2) is 25.4 Å². The Kier molecular flexibility index (Phi) is 5.06. The van der Waals surface area contributed by atoms with Gasteiger partial charge in [-0.3, -0.25) is 0 Å². The maximum absolute atomic E-state index is 12.7. The van der Waals surface area contributed by atoms with E-state index in [0.29, 0.717) is 11.4 Å². The van der Waals surface area contributed by atoms with Crippen molar-refractivity contribution in [1.82, 2.24) is 4.31 Å². The fourth-order valence-corrected chi connectivity index (χ4v) is 4.88. The molecule has 1 aliphatic heterocycles. The number of anilines is 2. The Hall–Kier alpha value is -2.83. The topological polar surface area (TPSA) is 61.4 Å². The van der Waals surface area contributed by atoms with Crippen molar-refractivity contribution >= 4 is 21.4 Å². The van der Waals surface area contributed by atoms with Crippen LogP contribution >= 0.6 is 0 Å². The zero-order valence-electron chi connectivity index (χ0n) is 16.6. The van der Waals surface area contributed by atoms with Crippen molar-refractivity contribution in [3.8, 4) is 0 Å². The molecule has 0 aromatic heterocycles. The average molecular weight is 408 g/mol. The van der Waals surface area contributed by atoms with Gasteiger partial charge in [0.15, 0.2) is 0 Å². The standard InChI is InChI=1S/C23H25N3O2S/c1-23(24-21-10-6-7-11-22(21)25-23)16-18-12-14-19(15-13-18)17-26(2)29(27,28)20-8-4-3-5-9-20/h3-15,24-25H,16-17H2,1-2H3. The van der Waals surface area contributed by atoms with Crippen LogP contribution in [0.25, 0.3) is 0 Å². The molecule has 4 rings (SSSR count). The summed E-state index contributed by atoms with van der Waals surface area (Å²) in [7, 11) is -1.88. The van der Waals surface area contributed by atoms with E-state index in [9.17, 15) is 8.42 Å². The zero-order chi connectivity index (χ0) is 20.5. The van der Waals surface area contributed by atoms with E-state index < -0.39 is 10.0 Å². The highest BCUT2D eigenvalue weighted by atomic mass is 32.2. The molecule has 0 amide bonds. The van der Waals surface area contributed by atoms with E-state index in [2.05, 4.69) is 41.8 Å². The van der Waals surface area contributed by atoms with Crippen LogP contribution in [0.1, 0.15) is 18.1 Å². The highest BCUT2D eigenvalue weighted by Gasteiger charge is 2.31. The summed E-state index contributed by atoms with van der Waals surface area (Å²) in [4.78, 5) is 0.310. The second-order valence-electron chi connectivity index (χ2n) is 7.70. The van der Waals surface area contributed by atoms with Crippen LogP contribution < -0.4 is 10.6 Å². The van der Waals surface area contributed by atoms with Crippen LogP contribution in [0.3, 0.4) is 0 Å². The van der Waals surface area contributed by atoms with Crippen molar-refractivity contribution in [2.24, 2.45) is 0 Å². The largest absolute Gasteiger partial charge is 0.361 e. The predicted octanol–water partition coefficient (Wildman–Crippen LogP) is 4.30. The normalized spacial score (nSPS) is 14.9. The van der Waals surface area contributed by atoms with E-state index in [0.717, 1.165) is 23.4 Å². The molecule has 0 atom stereocenters. The molecule has 3 aromatic rings. The number of sulfonamides is 1. The Morgan fingerprint density at radius 3 is 1.90 bits per heavy atom. The highest BCUT2D eigenvalue weighted by molar-refractivity contribution is 7.89. The molecule has 150 valence electrons. The quantitative estimate of drug-likeness (QED) is 0.639. The molecule has 0 unspecified atom stereocenters. The molecular weight excluding hydrogens is 382 g/mol. The van der Waals surface area contributed by atoms with Gasteiger partial charge in [0.05, 0.1) is 16.3 Å². The van der Waals surface area contributed by atoms with Crippen molar-refractivity contribution in [1.29, 1.82) is 0 Å². The van der Waals surface area contributed by atoms with Crippen LogP contribution in [0.4, 0.5) is 11.4 Å². The Morgan fingerprint density at radius 1 is 0.793 bits per heavy atom. The molecule has 0 aliphatic carbocycles. The van der Waals surface area contributed by atoms with Gasteiger partial charge in [-0.05, 0) is 42.3 Å². The maximum atomic E-state index is 12.7. The molecule has 0 fully saturated rings. The molecule has 1 aliphatic rings. The summed E-state index contributed by atoms with van der Waals surface area (Å²) >= 11 is 0. The smallest absolute Gasteiger partial charge is 0.243 e. The van der Waals surface area contributed by atoms with Gasteiger partial charge in [0.2, 0.25) is 10.0 Å². The molecule has 0 spiro atoms. The summed E-state index contributed by atoms with van der Waals surface area (Å²) < 4.78 is 26.8. The van der Waals surface area contributed by atoms with E-state index in [1.165, 1.54) is 9.87 Å². The zero-order valence-corrected chi connectivity index (χ0v) is 17.4. The van der Waals surface area contributed by atoms with E-state index >= 15 is 0 Å². The Morgan fingerprint density at radius 2 is 1.31 bits per heavy atom. The van der Waals surface area contributed by atoms with Crippen molar-refractivity contribution < 1.29 is 8.42 Å². The van der Waals surface area contributed by atoms with Gasteiger partial charge >= 0.3 is 0 Å². The van der Waals surface area contributed by atoms with E-state index in [-0.39, 0.29) is 5.66 Å². The minimum atomic E-state index is -3.49. The summed E-state index contributed by atoms with van der Waals surface area (Å²) in [6.07, 6.45) is 0.806. The lowest BCUT2D eigenvalue weighted by molar-refractivity contribution is 0.466. The number of hydrogen-bond donors (Lipinski definition) is 2. The second-order valence-corrected chi connectivity index (χ2v) is 9.74. The number of benzene rings is 3. The SMILES string of the molecule is CN(Cc1ccc(CC2(C)Nc3ccccc3N2)cc1)S(=O)(=O)c1ccccc1. The van der Waals surface area contributed by atoms with Crippen LogP contribution in [0.2, 0.25) is 0 Å². The minimum Gasteiger partial charge on any atom is -0.361 e. The molecule has 3 aromatic carbocycles. The molecule has 0 saturated carbocycles. The molecule has 29 heavy (non-hydrogen) atoms. The summed E-state index contributed by atoms with van der Waals surface area (Å²) in [6.45, 7) is 2.47. The van der Waals surface area contributed by atoms with Crippen molar-refractivity contribution in [2.75, 3.05) is 17.7 Å². The van der Waals surface area contributed by atoms with E-state index in [4.69, 9.17) is 0 Å². The Balaban J connectivity index is 1.42. The van der Waals surface area contributed by atoms with Crippen molar-refractivity contribution in [3.63, 3.8) is 0 Å². The van der Waals surface area contributed by atoms with Gasteiger partial charge in [0.25, 0.3) is 0 Å². The number of rotatable bonds is 6. The van der Waals surface area contributed by atoms with Gasteiger partial charge in [-0.2, -0.15) is 4.31 Å². The Labute approximate surface area is 172 Å². The van der Waals surface area contributed by atoms with Crippen LogP contribution in [0, 0.1) is 0 Å². The number of hydrogen-bond acceptors (Lipinski definition) is 4. The molecule has 0 saturated heterocycles. The number of fused-ring (bicyclic) bond motifs is 1. The molecule has 0 bridgehead atoms. The first kappa shape index (κ1) is 19.5. The molecule has 0 radical (unpaired) electrons. The first-order valence-electron chi connectivity index (χ1n) is 9.60. The minimum absolute atomic E-state index is 0.251. The predicted molar refractivity (Wildman–Crippen MR) is 117 cm³/mol. The summed E-state index contributed by atoms with van der Waals surface area (Å²) in [5.41, 5.74) is 4.10. The molecule has 1 heterocycles. The first-order valence-corrected chi connectivity index (χ1v) is 11.0. The molecule has 6 heteroatoms. The third-order valence-electron chi connectivity index (χ3n) is 5.19. The first-order chi connectivity index (χ1) is 13.9. The number of para-hydroxylation sites is 2. The van der Waals surface area contributed by atoms with Crippen LogP contribution in [0.15, 0.2) is 83.8 Å². The fraction of sp³-hybridized carbons (Fsp3) is 0.217. The lowest BCUT2D eigenvalue weighted by atomic mass is 10.0. The Bertz CT molecular complexity index is 1070. The van der Waals surface area contributed by atoms with Gasteiger partial charge in [-0.25, -0.2) is 8.42 Å². The summed E-state index contributed by atoms with van der Waals surface area (Å²) in [5.74, 6) is 0. The molecule has 2 N–H and O–H groups in total. The maximum Gasteiger partial charge on any atom is 0.243 e. The van der Waals surface area contributed by atoms with Gasteiger partial charge < -0.3 is 10.6 Å². The van der Waals surface area contributed by atoms with Crippen molar-refractivity contribution in [2.45, 2.75) is 30.4 Å². The average Bonchev–Trinajstić information content (AvgIpc) is 3.05. The van der Waals surface area contributed by atoms with Crippen molar-refractivity contribution in [3.05, 3.63) is 90.0 Å². The van der Waals surface area contributed by atoms with Gasteiger partial charge in [0.1, 0.15) is 5.66 Å². The van der Waals surface area contributed by atoms with Gasteiger partial charge in [-0.15, -0.1) is 0 Å². The van der Waals surface area contributed by atoms with Gasteiger partial charge in [0, 0.05) is 20.0 Å². The summed E-state index contributed by atoms with van der Waals surface area (Å²) in [5, 5.41) is 7.09. The van der Waals surface area contributed by atoms with Crippen LogP contribution in [-0.2, 0) is 23.0 Å².